The first-order chi connectivity index (χ1) is 29.6. The van der Waals surface area contributed by atoms with Crippen LogP contribution in [0.15, 0.2) is 78.9 Å². The molecule has 1 aromatic heterocycles. The van der Waals surface area contributed by atoms with E-state index < -0.39 is 42.2 Å². The zero-order valence-corrected chi connectivity index (χ0v) is 35.4. The Morgan fingerprint density at radius 2 is 1.60 bits per heavy atom. The zero-order valence-electron chi connectivity index (χ0n) is 34.6. The van der Waals surface area contributed by atoms with Gasteiger partial charge in [-0.2, -0.15) is 0 Å². The maximum absolute atomic E-state index is 14.3. The van der Waals surface area contributed by atoms with Gasteiger partial charge in [-0.25, -0.2) is 13.6 Å². The monoisotopic (exact) mass is 872 g/mol. The number of nitrogens with zero attached hydrogens (tertiary/aromatic N) is 1. The summed E-state index contributed by atoms with van der Waals surface area (Å²) in [6, 6.07) is 17.5. The fraction of sp³-hybridized carbons (Fsp3) is 0.304. The highest BCUT2D eigenvalue weighted by molar-refractivity contribution is 6.30. The number of carbonyl (C=O) groups excluding carboxylic acids is 5. The molecule has 1 heterocycles. The summed E-state index contributed by atoms with van der Waals surface area (Å²) >= 11 is 6.03. The summed E-state index contributed by atoms with van der Waals surface area (Å²) in [4.78, 5) is 76.5. The molecule has 0 spiro atoms. The average molecular weight is 873 g/mol. The largest absolute Gasteiger partial charge is 0.497 e. The quantitative estimate of drug-likeness (QED) is 0.0588. The molecule has 326 valence electrons. The Morgan fingerprint density at radius 3 is 2.27 bits per heavy atom. The first-order valence-corrected chi connectivity index (χ1v) is 20.2. The molecule has 0 aliphatic carbocycles. The molecule has 62 heavy (non-hydrogen) atoms. The molecule has 3 amide bonds. The Kier molecular flexibility index (Phi) is 15.9. The van der Waals surface area contributed by atoms with Crippen molar-refractivity contribution in [2.75, 3.05) is 20.3 Å². The van der Waals surface area contributed by atoms with Crippen molar-refractivity contribution < 1.29 is 52.1 Å². The van der Waals surface area contributed by atoms with Crippen LogP contribution in [0.3, 0.4) is 0 Å². The third-order valence-electron chi connectivity index (χ3n) is 10.3. The number of methoxy groups -OCH3 is 1. The van der Waals surface area contributed by atoms with E-state index in [1.165, 1.54) is 38.3 Å². The number of aromatic nitrogens is 1. The molecular formula is C46H47ClF2N4O9. The molecule has 0 radical (unpaired) electrons. The summed E-state index contributed by atoms with van der Waals surface area (Å²) in [6.07, 6.45) is 1.58. The third kappa shape index (κ3) is 12.0. The van der Waals surface area contributed by atoms with E-state index in [1.807, 2.05) is 0 Å². The van der Waals surface area contributed by atoms with Gasteiger partial charge in [0, 0.05) is 52.3 Å². The average Bonchev–Trinajstić information content (AvgIpc) is 3.50. The number of ketones is 1. The van der Waals surface area contributed by atoms with E-state index in [-0.39, 0.29) is 65.3 Å². The second-order valence-corrected chi connectivity index (χ2v) is 15.2. The van der Waals surface area contributed by atoms with Crippen LogP contribution in [0.4, 0.5) is 8.78 Å². The number of aromatic carboxylic acids is 1. The maximum Gasteiger partial charge on any atom is 0.339 e. The number of carboxylic acids is 1. The molecular weight excluding hydrogens is 826 g/mol. The van der Waals surface area contributed by atoms with E-state index >= 15 is 0 Å². The number of hydrogen-bond donors (Lipinski definition) is 4. The molecule has 0 aliphatic rings. The van der Waals surface area contributed by atoms with Gasteiger partial charge >= 0.3 is 5.97 Å². The van der Waals surface area contributed by atoms with Crippen molar-refractivity contribution in [1.82, 2.24) is 20.5 Å². The lowest BCUT2D eigenvalue weighted by atomic mass is 10.0. The number of amides is 3. The standard InChI is InChI=1S/C46H47ClF2N4O9/c1-26(51-43(56)24-35-27(2)53(40-17-15-33(61-4)23-36(35)40)45(58)29-9-12-31(47)13-10-29)8-19-42(55)52-39(28(3)54)7-5-6-20-50-44(57)25-62-41-18-11-30(21-37(41)46(59)60)34-16-14-32(48)22-38(34)49/h9-18,21-23,26,39H,5-8,19-20,24-25H2,1-4H3,(H,50,57)(H,51,56)(H,52,55)(H,59,60). The first kappa shape index (κ1) is 46.5. The number of Topliss-reactive ketones (excluding diaryl/α,β-unsaturated/α-hetero) is 1. The predicted octanol–water partition coefficient (Wildman–Crippen LogP) is 7.21. The van der Waals surface area contributed by atoms with Crippen LogP contribution in [0, 0.1) is 18.6 Å². The Labute approximate surface area is 361 Å². The fourth-order valence-electron chi connectivity index (χ4n) is 6.96. The Bertz CT molecular complexity index is 2490. The number of benzene rings is 4. The predicted molar refractivity (Wildman–Crippen MR) is 229 cm³/mol. The number of carbonyl (C=O) groups is 6. The summed E-state index contributed by atoms with van der Waals surface area (Å²) in [6.45, 7) is 4.65. The molecule has 0 saturated carbocycles. The number of hydrogen-bond acceptors (Lipinski definition) is 8. The van der Waals surface area contributed by atoms with Crippen LogP contribution in [0.25, 0.3) is 22.0 Å². The third-order valence-corrected chi connectivity index (χ3v) is 10.5. The molecule has 2 unspecified atom stereocenters. The highest BCUT2D eigenvalue weighted by Gasteiger charge is 2.24. The molecule has 0 saturated heterocycles. The van der Waals surface area contributed by atoms with Gasteiger partial charge in [0.25, 0.3) is 11.8 Å². The van der Waals surface area contributed by atoms with Gasteiger partial charge in [0.05, 0.1) is 25.1 Å². The maximum atomic E-state index is 14.3. The fourth-order valence-corrected chi connectivity index (χ4v) is 7.08. The molecule has 0 fully saturated rings. The normalized spacial score (nSPS) is 12.0. The number of halogens is 3. The van der Waals surface area contributed by atoms with Crippen LogP contribution in [-0.2, 0) is 25.6 Å². The van der Waals surface area contributed by atoms with Gasteiger partial charge in [-0.15, -0.1) is 0 Å². The second-order valence-electron chi connectivity index (χ2n) is 14.8. The number of rotatable bonds is 20. The van der Waals surface area contributed by atoms with Gasteiger partial charge < -0.3 is 30.5 Å². The summed E-state index contributed by atoms with van der Waals surface area (Å²) in [7, 11) is 1.53. The molecule has 4 N–H and O–H groups in total. The minimum absolute atomic E-state index is 0.000835. The second kappa shape index (κ2) is 21.3. The zero-order chi connectivity index (χ0) is 45.1. The number of unbranched alkanes of at least 4 members (excludes halogenated alkanes) is 1. The van der Waals surface area contributed by atoms with Gasteiger partial charge in [0.15, 0.2) is 12.4 Å². The van der Waals surface area contributed by atoms with Crippen LogP contribution < -0.4 is 25.4 Å². The molecule has 13 nitrogen and oxygen atoms in total. The lowest BCUT2D eigenvalue weighted by molar-refractivity contribution is -0.127. The van der Waals surface area contributed by atoms with Crippen molar-refractivity contribution in [3.8, 4) is 22.6 Å². The Morgan fingerprint density at radius 1 is 0.855 bits per heavy atom. The molecule has 0 bridgehead atoms. The van der Waals surface area contributed by atoms with E-state index in [2.05, 4.69) is 16.0 Å². The van der Waals surface area contributed by atoms with Crippen molar-refractivity contribution in [1.29, 1.82) is 0 Å². The summed E-state index contributed by atoms with van der Waals surface area (Å²) in [5.74, 6) is -4.26. The van der Waals surface area contributed by atoms with Crippen molar-refractivity contribution in [2.24, 2.45) is 0 Å². The van der Waals surface area contributed by atoms with E-state index in [4.69, 9.17) is 21.1 Å². The van der Waals surface area contributed by atoms with Gasteiger partial charge in [-0.05, 0) is 124 Å². The van der Waals surface area contributed by atoms with Crippen molar-refractivity contribution in [3.63, 3.8) is 0 Å². The minimum atomic E-state index is -1.37. The topological polar surface area (TPSA) is 182 Å². The highest BCUT2D eigenvalue weighted by Crippen LogP contribution is 2.32. The molecule has 5 aromatic rings. The summed E-state index contributed by atoms with van der Waals surface area (Å²) < 4.78 is 40.0. The van der Waals surface area contributed by atoms with Gasteiger partial charge in [-0.3, -0.25) is 28.5 Å². The highest BCUT2D eigenvalue weighted by atomic mass is 35.5. The molecule has 4 aromatic carbocycles. The smallest absolute Gasteiger partial charge is 0.339 e. The van der Waals surface area contributed by atoms with Crippen LogP contribution in [0.2, 0.25) is 5.02 Å². The lowest BCUT2D eigenvalue weighted by Gasteiger charge is -2.18. The van der Waals surface area contributed by atoms with E-state index in [0.717, 1.165) is 6.07 Å². The number of carboxylic acid groups (broad SMARTS) is 1. The van der Waals surface area contributed by atoms with Gasteiger partial charge in [0.2, 0.25) is 11.8 Å². The molecule has 2 atom stereocenters. The van der Waals surface area contributed by atoms with Crippen LogP contribution >= 0.6 is 11.6 Å². The molecule has 16 heteroatoms. The first-order valence-electron chi connectivity index (χ1n) is 19.9. The molecule has 5 rings (SSSR count). The van der Waals surface area contributed by atoms with Gasteiger partial charge in [0.1, 0.15) is 28.7 Å². The van der Waals surface area contributed by atoms with E-state index in [9.17, 15) is 42.7 Å². The van der Waals surface area contributed by atoms with Crippen LogP contribution in [-0.4, -0.2) is 77.4 Å². The van der Waals surface area contributed by atoms with E-state index in [0.29, 0.717) is 70.2 Å². The summed E-state index contributed by atoms with van der Waals surface area (Å²) in [5.41, 5.74) is 2.18. The van der Waals surface area contributed by atoms with Crippen molar-refractivity contribution >= 4 is 57.9 Å². The van der Waals surface area contributed by atoms with Gasteiger partial charge in [-0.1, -0.05) is 17.7 Å². The number of fused-ring (bicyclic) bond motifs is 1. The minimum Gasteiger partial charge on any atom is -0.497 e. The van der Waals surface area contributed by atoms with Crippen LogP contribution in [0.1, 0.15) is 77.9 Å². The Hall–Kier alpha value is -6.61. The van der Waals surface area contributed by atoms with Crippen molar-refractivity contribution in [2.45, 2.75) is 71.4 Å². The van der Waals surface area contributed by atoms with Crippen molar-refractivity contribution in [3.05, 3.63) is 118 Å². The number of nitrogens with one attached hydrogen (secondary N) is 3. The molecule has 0 aliphatic heterocycles. The van der Waals surface area contributed by atoms with E-state index in [1.54, 1.807) is 60.9 Å². The lowest BCUT2D eigenvalue weighted by Crippen LogP contribution is -2.41. The SMILES string of the molecule is COc1ccc2c(c1)c(CC(=O)NC(C)CCC(=O)NC(CCCCNC(=O)COc1ccc(-c3ccc(F)cc3F)cc1C(=O)O)C(C)=O)c(C)n2C(=O)c1ccc(Cl)cc1. The van der Waals surface area contributed by atoms with Crippen LogP contribution in [0.5, 0.6) is 11.5 Å². The number of ether oxygens (including phenoxy) is 2. The summed E-state index contributed by atoms with van der Waals surface area (Å²) in [5, 5.41) is 19.2. The Balaban J connectivity index is 1.05.